The van der Waals surface area contributed by atoms with Gasteiger partial charge in [0.2, 0.25) is 5.16 Å². The number of rotatable bonds is 6. The Morgan fingerprint density at radius 2 is 2.29 bits per heavy atom. The van der Waals surface area contributed by atoms with Crippen LogP contribution in [0.1, 0.15) is 32.5 Å². The Morgan fingerprint density at radius 1 is 1.59 bits per heavy atom. The lowest BCUT2D eigenvalue weighted by Crippen LogP contribution is -2.31. The highest BCUT2D eigenvalue weighted by molar-refractivity contribution is 7.99. The number of nitrogens with two attached hydrogens (primary N) is 1. The van der Waals surface area contributed by atoms with Crippen LogP contribution in [0.5, 0.6) is 0 Å². The number of aromatic nitrogens is 3. The molecule has 1 rings (SSSR count). The predicted molar refractivity (Wildman–Crippen MR) is 68.3 cm³/mol. The number of H-pyrrole nitrogens is 1. The molecule has 0 saturated carbocycles. The SMILES string of the molecule is Cc1nc(SCCCC(C)(C)C(N)=NO)n[nH]1. The number of hydrogen-bond donors (Lipinski definition) is 3. The van der Waals surface area contributed by atoms with Crippen molar-refractivity contribution >= 4 is 17.6 Å². The third kappa shape index (κ3) is 4.26. The fourth-order valence-corrected chi connectivity index (χ4v) is 2.11. The number of hydrogen-bond acceptors (Lipinski definition) is 5. The van der Waals surface area contributed by atoms with Gasteiger partial charge >= 0.3 is 0 Å². The number of aromatic amines is 1. The van der Waals surface area contributed by atoms with Crippen molar-refractivity contribution in [3.05, 3.63) is 5.82 Å². The Morgan fingerprint density at radius 3 is 2.82 bits per heavy atom. The molecule has 0 unspecified atom stereocenters. The lowest BCUT2D eigenvalue weighted by Gasteiger charge is -2.22. The minimum atomic E-state index is -0.274. The normalized spacial score (nSPS) is 13.0. The maximum Gasteiger partial charge on any atom is 0.208 e. The largest absolute Gasteiger partial charge is 0.409 e. The van der Waals surface area contributed by atoms with Crippen LogP contribution in [-0.4, -0.2) is 32.0 Å². The van der Waals surface area contributed by atoms with Gasteiger partial charge in [-0.1, -0.05) is 30.8 Å². The second-order valence-corrected chi connectivity index (χ2v) is 5.59. The number of nitrogens with one attached hydrogen (secondary N) is 1. The molecule has 1 aromatic heterocycles. The summed E-state index contributed by atoms with van der Waals surface area (Å²) in [7, 11) is 0. The third-order valence-electron chi connectivity index (χ3n) is 2.56. The number of amidine groups is 1. The van der Waals surface area contributed by atoms with Crippen molar-refractivity contribution in [1.29, 1.82) is 0 Å². The summed E-state index contributed by atoms with van der Waals surface area (Å²) >= 11 is 1.60. The molecule has 0 bridgehead atoms. The fraction of sp³-hybridized carbons (Fsp3) is 0.700. The minimum absolute atomic E-state index is 0.274. The van der Waals surface area contributed by atoms with Gasteiger partial charge in [0, 0.05) is 11.2 Å². The van der Waals surface area contributed by atoms with E-state index < -0.39 is 0 Å². The number of thioether (sulfide) groups is 1. The monoisotopic (exact) mass is 257 g/mol. The predicted octanol–water partition coefficient (Wildman–Crippen LogP) is 1.76. The van der Waals surface area contributed by atoms with Crippen LogP contribution in [-0.2, 0) is 0 Å². The zero-order valence-electron chi connectivity index (χ0n) is 10.4. The molecule has 0 aliphatic rings. The standard InChI is InChI=1S/C10H19N5OS/c1-7-12-9(14-13-7)17-6-4-5-10(2,3)8(11)15-16/h16H,4-6H2,1-3H3,(H2,11,15)(H,12,13,14). The van der Waals surface area contributed by atoms with Gasteiger partial charge in [-0.25, -0.2) is 4.98 Å². The van der Waals surface area contributed by atoms with Gasteiger partial charge in [-0.05, 0) is 19.8 Å². The molecule has 7 heteroatoms. The highest BCUT2D eigenvalue weighted by Crippen LogP contribution is 2.24. The molecule has 96 valence electrons. The van der Waals surface area contributed by atoms with E-state index in [9.17, 15) is 0 Å². The summed E-state index contributed by atoms with van der Waals surface area (Å²) in [5.41, 5.74) is 5.34. The van der Waals surface area contributed by atoms with Crippen molar-refractivity contribution in [1.82, 2.24) is 15.2 Å². The summed E-state index contributed by atoms with van der Waals surface area (Å²) in [4.78, 5) is 4.20. The van der Waals surface area contributed by atoms with Crippen molar-refractivity contribution in [3.8, 4) is 0 Å². The van der Waals surface area contributed by atoms with Gasteiger partial charge in [-0.2, -0.15) is 0 Å². The van der Waals surface area contributed by atoms with Crippen molar-refractivity contribution < 1.29 is 5.21 Å². The molecule has 1 aromatic rings. The van der Waals surface area contributed by atoms with Gasteiger partial charge in [-0.15, -0.1) is 5.10 Å². The third-order valence-corrected chi connectivity index (χ3v) is 3.49. The van der Waals surface area contributed by atoms with E-state index in [2.05, 4.69) is 20.3 Å². The summed E-state index contributed by atoms with van der Waals surface area (Å²) in [5.74, 6) is 2.01. The van der Waals surface area contributed by atoms with Crippen LogP contribution in [0.25, 0.3) is 0 Å². The molecule has 0 aliphatic carbocycles. The van der Waals surface area contributed by atoms with Crippen LogP contribution in [0.15, 0.2) is 10.3 Å². The smallest absolute Gasteiger partial charge is 0.208 e. The second-order valence-electron chi connectivity index (χ2n) is 4.52. The lowest BCUT2D eigenvalue weighted by molar-refractivity contribution is 0.305. The Balaban J connectivity index is 2.29. The van der Waals surface area contributed by atoms with Gasteiger partial charge in [0.1, 0.15) is 11.7 Å². The Bertz CT molecular complexity index is 388. The number of nitrogens with zero attached hydrogens (tertiary/aromatic N) is 3. The summed E-state index contributed by atoms with van der Waals surface area (Å²) in [6.45, 7) is 5.80. The molecular formula is C10H19N5OS. The molecule has 17 heavy (non-hydrogen) atoms. The fourth-order valence-electron chi connectivity index (χ4n) is 1.33. The molecule has 0 radical (unpaired) electrons. The van der Waals surface area contributed by atoms with E-state index in [0.29, 0.717) is 0 Å². The highest BCUT2D eigenvalue weighted by Gasteiger charge is 2.22. The topological polar surface area (TPSA) is 100 Å². The van der Waals surface area contributed by atoms with Crippen LogP contribution in [0.4, 0.5) is 0 Å². The van der Waals surface area contributed by atoms with Gasteiger partial charge in [0.05, 0.1) is 0 Å². The molecule has 4 N–H and O–H groups in total. The molecule has 1 heterocycles. The Hall–Kier alpha value is -1.24. The average molecular weight is 257 g/mol. The molecule has 0 amide bonds. The summed E-state index contributed by atoms with van der Waals surface area (Å²) < 4.78 is 0. The van der Waals surface area contributed by atoms with Crippen LogP contribution < -0.4 is 5.73 Å². The van der Waals surface area contributed by atoms with E-state index in [4.69, 9.17) is 10.9 Å². The molecule has 0 aliphatic heterocycles. The molecule has 0 aromatic carbocycles. The Labute approximate surface area is 105 Å². The van der Waals surface area contributed by atoms with Crippen LogP contribution in [0, 0.1) is 12.3 Å². The zero-order chi connectivity index (χ0) is 12.9. The van der Waals surface area contributed by atoms with Gasteiger partial charge in [0.15, 0.2) is 0 Å². The molecule has 6 nitrogen and oxygen atoms in total. The van der Waals surface area contributed by atoms with Crippen molar-refractivity contribution in [2.24, 2.45) is 16.3 Å². The Kier molecular flexibility index (Phi) is 4.80. The van der Waals surface area contributed by atoms with E-state index in [1.807, 2.05) is 20.8 Å². The first-order valence-corrected chi connectivity index (χ1v) is 6.44. The summed E-state index contributed by atoms with van der Waals surface area (Å²) in [6, 6.07) is 0. The average Bonchev–Trinajstić information content (AvgIpc) is 2.69. The van der Waals surface area contributed by atoms with E-state index in [-0.39, 0.29) is 11.3 Å². The minimum Gasteiger partial charge on any atom is -0.409 e. The number of aryl methyl sites for hydroxylation is 1. The molecule has 0 atom stereocenters. The molecule has 0 spiro atoms. The van der Waals surface area contributed by atoms with Crippen LogP contribution in [0.3, 0.4) is 0 Å². The van der Waals surface area contributed by atoms with Gasteiger partial charge in [-0.3, -0.25) is 5.10 Å². The lowest BCUT2D eigenvalue weighted by atomic mass is 9.87. The number of oxime groups is 1. The first kappa shape index (κ1) is 13.8. The van der Waals surface area contributed by atoms with Crippen LogP contribution >= 0.6 is 11.8 Å². The summed E-state index contributed by atoms with van der Waals surface area (Å²) in [6.07, 6.45) is 1.82. The first-order chi connectivity index (χ1) is 7.95. The van der Waals surface area contributed by atoms with E-state index in [0.717, 1.165) is 29.6 Å². The first-order valence-electron chi connectivity index (χ1n) is 5.45. The van der Waals surface area contributed by atoms with Crippen molar-refractivity contribution in [2.75, 3.05) is 5.75 Å². The van der Waals surface area contributed by atoms with Crippen molar-refractivity contribution in [2.45, 2.75) is 38.8 Å². The van der Waals surface area contributed by atoms with E-state index in [1.54, 1.807) is 11.8 Å². The highest BCUT2D eigenvalue weighted by atomic mass is 32.2. The summed E-state index contributed by atoms with van der Waals surface area (Å²) in [5, 5.41) is 19.3. The quantitative estimate of drug-likeness (QED) is 0.180. The van der Waals surface area contributed by atoms with Crippen molar-refractivity contribution in [3.63, 3.8) is 0 Å². The zero-order valence-corrected chi connectivity index (χ0v) is 11.2. The molecule has 0 fully saturated rings. The second kappa shape index (κ2) is 5.90. The maximum absolute atomic E-state index is 8.64. The van der Waals surface area contributed by atoms with Crippen LogP contribution in [0.2, 0.25) is 0 Å². The van der Waals surface area contributed by atoms with Gasteiger partial charge < -0.3 is 10.9 Å². The van der Waals surface area contributed by atoms with Gasteiger partial charge in [0.25, 0.3) is 0 Å². The van der Waals surface area contributed by atoms with E-state index >= 15 is 0 Å². The molecule has 0 saturated heterocycles. The van der Waals surface area contributed by atoms with E-state index in [1.165, 1.54) is 0 Å². The molecular weight excluding hydrogens is 238 g/mol. The maximum atomic E-state index is 8.64.